The quantitative estimate of drug-likeness (QED) is 0.588. The van der Waals surface area contributed by atoms with E-state index >= 15 is 0 Å². The summed E-state index contributed by atoms with van der Waals surface area (Å²) in [6.07, 6.45) is 0.516. The van der Waals surface area contributed by atoms with Gasteiger partial charge in [0.05, 0.1) is 16.7 Å². The van der Waals surface area contributed by atoms with E-state index in [0.717, 1.165) is 10.0 Å². The normalized spacial score (nSPS) is 16.8. The first-order valence-corrected chi connectivity index (χ1v) is 8.12. The van der Waals surface area contributed by atoms with Crippen molar-refractivity contribution in [2.45, 2.75) is 19.4 Å². The molecule has 1 amide bonds. The number of halogens is 1. The molecule has 0 saturated heterocycles. The Labute approximate surface area is 147 Å². The summed E-state index contributed by atoms with van der Waals surface area (Å²) in [7, 11) is 0. The van der Waals surface area contributed by atoms with Crippen LogP contribution in [0.25, 0.3) is 0 Å². The van der Waals surface area contributed by atoms with Crippen molar-refractivity contribution >= 4 is 33.2 Å². The zero-order chi connectivity index (χ0) is 17.3. The molecule has 0 spiro atoms. The molecule has 0 aromatic heterocycles. The third kappa shape index (κ3) is 3.21. The molecule has 1 atom stereocenters. The number of hydrogen-bond acceptors (Lipinski definition) is 4. The minimum absolute atomic E-state index is 0.0108. The second-order valence-electron chi connectivity index (χ2n) is 5.49. The second-order valence-corrected chi connectivity index (χ2v) is 6.40. The lowest BCUT2D eigenvalue weighted by Gasteiger charge is -2.20. The van der Waals surface area contributed by atoms with Gasteiger partial charge in [0.1, 0.15) is 0 Å². The molecule has 0 unspecified atom stereocenters. The van der Waals surface area contributed by atoms with Crippen molar-refractivity contribution in [2.75, 3.05) is 0 Å². The average molecular weight is 388 g/mol. The smallest absolute Gasteiger partial charge is 0.270 e. The Hall–Kier alpha value is -2.54. The summed E-state index contributed by atoms with van der Waals surface area (Å²) >= 11 is 3.40. The molecule has 2 aromatic carbocycles. The number of hydrazone groups is 1. The molecule has 24 heavy (non-hydrogen) atoms. The van der Waals surface area contributed by atoms with Crippen LogP contribution in [0.4, 0.5) is 5.69 Å². The van der Waals surface area contributed by atoms with Gasteiger partial charge >= 0.3 is 0 Å². The maximum atomic E-state index is 12.0. The Morgan fingerprint density at radius 1 is 1.29 bits per heavy atom. The lowest BCUT2D eigenvalue weighted by Crippen LogP contribution is -2.24. The first-order valence-electron chi connectivity index (χ1n) is 7.33. The van der Waals surface area contributed by atoms with Gasteiger partial charge in [0.25, 0.3) is 5.69 Å². The van der Waals surface area contributed by atoms with Gasteiger partial charge in [-0.05, 0) is 17.7 Å². The van der Waals surface area contributed by atoms with Crippen LogP contribution in [0.2, 0.25) is 0 Å². The topological polar surface area (TPSA) is 75.8 Å². The highest BCUT2D eigenvalue weighted by Gasteiger charge is 2.31. The SMILES string of the molecule is CC(=O)N1N=C(c2cccc([N+](=O)[O-])c2)C[C@@H]1c1ccc(Br)cc1. The monoisotopic (exact) mass is 387 g/mol. The highest BCUT2D eigenvalue weighted by Crippen LogP contribution is 2.33. The highest BCUT2D eigenvalue weighted by molar-refractivity contribution is 9.10. The molecule has 0 fully saturated rings. The Morgan fingerprint density at radius 2 is 2.00 bits per heavy atom. The van der Waals surface area contributed by atoms with Crippen LogP contribution in [0.5, 0.6) is 0 Å². The van der Waals surface area contributed by atoms with Gasteiger partial charge in [0.15, 0.2) is 0 Å². The fraction of sp³-hybridized carbons (Fsp3) is 0.176. The average Bonchev–Trinajstić information content (AvgIpc) is 3.01. The maximum absolute atomic E-state index is 12.0. The van der Waals surface area contributed by atoms with Crippen molar-refractivity contribution in [1.29, 1.82) is 0 Å². The molecule has 0 saturated carbocycles. The molecule has 7 heteroatoms. The van der Waals surface area contributed by atoms with Gasteiger partial charge in [-0.25, -0.2) is 5.01 Å². The number of amides is 1. The number of nitro benzene ring substituents is 1. The minimum Gasteiger partial charge on any atom is -0.273 e. The first kappa shape index (κ1) is 16.3. The summed E-state index contributed by atoms with van der Waals surface area (Å²) in [5.74, 6) is -0.164. The molecular formula is C17H14BrN3O3. The van der Waals surface area contributed by atoms with Crippen molar-refractivity contribution in [3.05, 3.63) is 74.2 Å². The largest absolute Gasteiger partial charge is 0.273 e. The van der Waals surface area contributed by atoms with Crippen LogP contribution in [-0.2, 0) is 4.79 Å². The Kier molecular flexibility index (Phi) is 4.44. The van der Waals surface area contributed by atoms with Gasteiger partial charge in [0, 0.05) is 35.5 Å². The summed E-state index contributed by atoms with van der Waals surface area (Å²) in [5.41, 5.74) is 2.31. The zero-order valence-corrected chi connectivity index (χ0v) is 14.4. The van der Waals surface area contributed by atoms with E-state index in [9.17, 15) is 14.9 Å². The minimum atomic E-state index is -0.437. The van der Waals surface area contributed by atoms with E-state index in [1.807, 2.05) is 24.3 Å². The molecule has 1 aliphatic heterocycles. The molecule has 122 valence electrons. The van der Waals surface area contributed by atoms with E-state index in [4.69, 9.17) is 0 Å². The zero-order valence-electron chi connectivity index (χ0n) is 12.8. The Morgan fingerprint density at radius 3 is 2.62 bits per heavy atom. The van der Waals surface area contributed by atoms with Gasteiger partial charge in [-0.3, -0.25) is 14.9 Å². The number of carbonyl (C=O) groups is 1. The molecule has 1 heterocycles. The molecule has 0 radical (unpaired) electrons. The van der Waals surface area contributed by atoms with Gasteiger partial charge in [-0.1, -0.05) is 40.2 Å². The van der Waals surface area contributed by atoms with Crippen LogP contribution in [0.3, 0.4) is 0 Å². The molecule has 2 aromatic rings. The number of benzene rings is 2. The lowest BCUT2D eigenvalue weighted by molar-refractivity contribution is -0.384. The van der Waals surface area contributed by atoms with Crippen molar-refractivity contribution < 1.29 is 9.72 Å². The summed E-state index contributed by atoms with van der Waals surface area (Å²) in [6.45, 7) is 1.46. The number of non-ortho nitro benzene ring substituents is 1. The predicted molar refractivity (Wildman–Crippen MR) is 93.7 cm³/mol. The van der Waals surface area contributed by atoms with E-state index in [1.54, 1.807) is 12.1 Å². The van der Waals surface area contributed by atoms with E-state index in [2.05, 4.69) is 21.0 Å². The summed E-state index contributed by atoms with van der Waals surface area (Å²) in [4.78, 5) is 22.5. The van der Waals surface area contributed by atoms with Crippen molar-refractivity contribution in [3.63, 3.8) is 0 Å². The van der Waals surface area contributed by atoms with E-state index in [-0.39, 0.29) is 17.6 Å². The molecule has 0 bridgehead atoms. The van der Waals surface area contributed by atoms with E-state index in [0.29, 0.717) is 17.7 Å². The predicted octanol–water partition coefficient (Wildman–Crippen LogP) is 4.05. The van der Waals surface area contributed by atoms with Crippen LogP contribution in [0.1, 0.15) is 30.5 Å². The fourth-order valence-electron chi connectivity index (χ4n) is 2.72. The molecule has 0 aliphatic carbocycles. The van der Waals surface area contributed by atoms with Gasteiger partial charge in [-0.15, -0.1) is 0 Å². The Balaban J connectivity index is 1.95. The maximum Gasteiger partial charge on any atom is 0.270 e. The van der Waals surface area contributed by atoms with E-state index < -0.39 is 4.92 Å². The third-order valence-electron chi connectivity index (χ3n) is 3.88. The molecule has 3 rings (SSSR count). The lowest BCUT2D eigenvalue weighted by atomic mass is 9.98. The van der Waals surface area contributed by atoms with Crippen molar-refractivity contribution in [1.82, 2.24) is 5.01 Å². The molecule has 6 nitrogen and oxygen atoms in total. The number of nitro groups is 1. The van der Waals surface area contributed by atoms with E-state index in [1.165, 1.54) is 24.1 Å². The van der Waals surface area contributed by atoms with Crippen molar-refractivity contribution in [3.8, 4) is 0 Å². The second kappa shape index (κ2) is 6.52. The van der Waals surface area contributed by atoms with Gasteiger partial charge in [0.2, 0.25) is 5.91 Å². The molecular weight excluding hydrogens is 374 g/mol. The van der Waals surface area contributed by atoms with Gasteiger partial charge < -0.3 is 0 Å². The van der Waals surface area contributed by atoms with Crippen LogP contribution in [0, 0.1) is 10.1 Å². The van der Waals surface area contributed by atoms with Crippen LogP contribution >= 0.6 is 15.9 Å². The van der Waals surface area contributed by atoms with Gasteiger partial charge in [-0.2, -0.15) is 5.10 Å². The fourth-order valence-corrected chi connectivity index (χ4v) is 2.98. The van der Waals surface area contributed by atoms with Crippen LogP contribution in [-0.4, -0.2) is 21.6 Å². The molecule has 1 aliphatic rings. The highest BCUT2D eigenvalue weighted by atomic mass is 79.9. The number of nitrogens with zero attached hydrogens (tertiary/aromatic N) is 3. The third-order valence-corrected chi connectivity index (χ3v) is 4.41. The van der Waals surface area contributed by atoms with Crippen LogP contribution in [0.15, 0.2) is 58.1 Å². The van der Waals surface area contributed by atoms with Crippen molar-refractivity contribution in [2.24, 2.45) is 5.10 Å². The standard InChI is InChI=1S/C17H14BrN3O3/c1-11(22)20-17(12-5-7-14(18)8-6-12)10-16(19-20)13-3-2-4-15(9-13)21(23)24/h2-9,17H,10H2,1H3/t17-/m1/s1. The first-order chi connectivity index (χ1) is 11.5. The Bertz CT molecular complexity index is 833. The summed E-state index contributed by atoms with van der Waals surface area (Å²) < 4.78 is 0.957. The number of carbonyl (C=O) groups excluding carboxylic acids is 1. The number of rotatable bonds is 3. The molecule has 0 N–H and O–H groups in total. The summed E-state index contributed by atoms with van der Waals surface area (Å²) in [5, 5.41) is 16.8. The van der Waals surface area contributed by atoms with Crippen LogP contribution < -0.4 is 0 Å². The summed E-state index contributed by atoms with van der Waals surface area (Å²) in [6, 6.07) is 13.8. The number of hydrogen-bond donors (Lipinski definition) is 0.